The Hall–Kier alpha value is -1.74. The Kier molecular flexibility index (Phi) is 3.95. The van der Waals surface area contributed by atoms with Crippen LogP contribution < -0.4 is 0 Å². The first-order valence-electron chi connectivity index (χ1n) is 10.3. The highest BCUT2D eigenvalue weighted by atomic mass is 16.3. The quantitative estimate of drug-likeness (QED) is 0.588. The smallest absolute Gasteiger partial charge is 0.111 e. The molecule has 5 rings (SSSR count). The molecule has 4 aliphatic rings. The van der Waals surface area contributed by atoms with E-state index in [-0.39, 0.29) is 16.8 Å². The Bertz CT molecular complexity index is 839. The van der Waals surface area contributed by atoms with Crippen molar-refractivity contribution in [2.75, 3.05) is 0 Å². The Morgan fingerprint density at radius 2 is 1.93 bits per heavy atom. The van der Waals surface area contributed by atoms with Crippen LogP contribution in [0.15, 0.2) is 65.5 Å². The normalized spacial score (nSPS) is 40.2. The van der Waals surface area contributed by atoms with Gasteiger partial charge in [-0.15, -0.1) is 0 Å². The zero-order valence-electron chi connectivity index (χ0n) is 15.8. The van der Waals surface area contributed by atoms with Crippen LogP contribution in [0, 0.1) is 17.3 Å². The molecule has 4 aliphatic carbocycles. The highest BCUT2D eigenvalue weighted by Gasteiger charge is 2.55. The molecule has 1 aromatic rings. The second-order valence-corrected chi connectivity index (χ2v) is 9.17. The first kappa shape index (κ1) is 17.4. The zero-order chi connectivity index (χ0) is 18.6. The molecule has 0 aromatic heterocycles. The summed E-state index contributed by atoms with van der Waals surface area (Å²) in [5.41, 5.74) is 4.30. The molecule has 2 radical (unpaired) electrons. The number of rotatable bonds is 2. The second-order valence-electron chi connectivity index (χ2n) is 9.17. The summed E-state index contributed by atoms with van der Waals surface area (Å²) < 4.78 is 0. The molecule has 0 saturated heterocycles. The maximum Gasteiger partial charge on any atom is 0.111 e. The van der Waals surface area contributed by atoms with E-state index in [0.29, 0.717) is 24.0 Å². The van der Waals surface area contributed by atoms with E-state index < -0.39 is 0 Å². The lowest BCUT2D eigenvalue weighted by molar-refractivity contribution is 0.120. The predicted octanol–water partition coefficient (Wildman–Crippen LogP) is 4.83. The molecule has 2 saturated carbocycles. The van der Waals surface area contributed by atoms with Crippen LogP contribution in [0.1, 0.15) is 44.1 Å². The molecule has 3 unspecified atom stereocenters. The van der Waals surface area contributed by atoms with Gasteiger partial charge in [0.25, 0.3) is 0 Å². The van der Waals surface area contributed by atoms with Gasteiger partial charge in [0.2, 0.25) is 0 Å². The van der Waals surface area contributed by atoms with Crippen molar-refractivity contribution in [2.24, 2.45) is 17.3 Å². The van der Waals surface area contributed by atoms with Crippen molar-refractivity contribution in [1.82, 2.24) is 0 Å². The molecule has 138 valence electrons. The van der Waals surface area contributed by atoms with Crippen LogP contribution in [0.25, 0.3) is 0 Å². The number of aliphatic hydroxyl groups excluding tert-OH is 2. The molecule has 27 heavy (non-hydrogen) atoms. The van der Waals surface area contributed by atoms with Crippen molar-refractivity contribution < 1.29 is 10.2 Å². The molecule has 2 nitrogen and oxygen atoms in total. The summed E-state index contributed by atoms with van der Waals surface area (Å²) in [5, 5.41) is 20.1. The number of allylic oxidation sites excluding steroid dienone is 4. The van der Waals surface area contributed by atoms with E-state index >= 15 is 0 Å². The van der Waals surface area contributed by atoms with Gasteiger partial charge in [-0.2, -0.15) is 0 Å². The van der Waals surface area contributed by atoms with Gasteiger partial charge in [-0.25, -0.2) is 0 Å². The maximum atomic E-state index is 10.4. The standard InChI is InChI=1S/C24H27BO2/c25-24-11-10-23(14-16-4-2-1-3-5-16)20-9-7-18(26)12-17(20)6-8-21(23)22(24)13-19(27)15-24/h1-5,7,9,12,17,19-20,26-27H,6,8,10-11,13-15H2/t17?,19-,20?,23?,24+/m0/s1. The third-order valence-corrected chi connectivity index (χ3v) is 7.67. The number of benzene rings is 1. The summed E-state index contributed by atoms with van der Waals surface area (Å²) in [6.45, 7) is 0. The Morgan fingerprint density at radius 3 is 2.74 bits per heavy atom. The van der Waals surface area contributed by atoms with Gasteiger partial charge < -0.3 is 10.2 Å². The van der Waals surface area contributed by atoms with Crippen LogP contribution in [0.5, 0.6) is 0 Å². The average Bonchev–Trinajstić information content (AvgIpc) is 2.96. The minimum absolute atomic E-state index is 0.0558. The molecule has 2 N–H and O–H groups in total. The summed E-state index contributed by atoms with van der Waals surface area (Å²) in [6.07, 6.45) is 12.5. The summed E-state index contributed by atoms with van der Waals surface area (Å²) in [4.78, 5) is 0. The third kappa shape index (κ3) is 2.66. The van der Waals surface area contributed by atoms with Crippen LogP contribution in [0.4, 0.5) is 0 Å². The van der Waals surface area contributed by atoms with Crippen molar-refractivity contribution in [1.29, 1.82) is 0 Å². The van der Waals surface area contributed by atoms with Crippen LogP contribution >= 0.6 is 0 Å². The molecule has 2 fully saturated rings. The molecule has 0 amide bonds. The minimum Gasteiger partial charge on any atom is -0.508 e. The van der Waals surface area contributed by atoms with Gasteiger partial charge in [0, 0.05) is 5.41 Å². The van der Waals surface area contributed by atoms with Crippen LogP contribution in [0.3, 0.4) is 0 Å². The predicted molar refractivity (Wildman–Crippen MR) is 109 cm³/mol. The molecule has 0 aliphatic heterocycles. The highest BCUT2D eigenvalue weighted by Crippen LogP contribution is 2.66. The average molecular weight is 358 g/mol. The maximum absolute atomic E-state index is 10.4. The van der Waals surface area contributed by atoms with E-state index in [4.69, 9.17) is 7.85 Å². The van der Waals surface area contributed by atoms with Gasteiger partial charge in [0.1, 0.15) is 5.76 Å². The van der Waals surface area contributed by atoms with Crippen molar-refractivity contribution in [2.45, 2.75) is 56.4 Å². The van der Waals surface area contributed by atoms with E-state index in [1.165, 1.54) is 16.7 Å². The van der Waals surface area contributed by atoms with Gasteiger partial charge in [0.15, 0.2) is 0 Å². The summed E-state index contributed by atoms with van der Waals surface area (Å²) >= 11 is 0. The van der Waals surface area contributed by atoms with Crippen LogP contribution in [0.2, 0.25) is 5.31 Å². The number of hydrogen-bond acceptors (Lipinski definition) is 2. The van der Waals surface area contributed by atoms with Gasteiger partial charge in [-0.1, -0.05) is 54.0 Å². The van der Waals surface area contributed by atoms with E-state index in [9.17, 15) is 10.2 Å². The molecule has 0 heterocycles. The fraction of sp³-hybridized carbons (Fsp3) is 0.500. The third-order valence-electron chi connectivity index (χ3n) is 7.67. The Balaban J connectivity index is 1.65. The van der Waals surface area contributed by atoms with Crippen molar-refractivity contribution in [3.8, 4) is 0 Å². The lowest BCUT2D eigenvalue weighted by atomic mass is 9.46. The monoisotopic (exact) mass is 358 g/mol. The lowest BCUT2D eigenvalue weighted by Crippen LogP contribution is -2.46. The van der Waals surface area contributed by atoms with Crippen molar-refractivity contribution in [3.63, 3.8) is 0 Å². The number of aliphatic hydroxyl groups is 2. The van der Waals surface area contributed by atoms with E-state index in [1.807, 2.05) is 6.08 Å². The van der Waals surface area contributed by atoms with Gasteiger partial charge in [0.05, 0.1) is 14.0 Å². The van der Waals surface area contributed by atoms with Crippen molar-refractivity contribution in [3.05, 3.63) is 71.0 Å². The fourth-order valence-corrected chi connectivity index (χ4v) is 6.56. The zero-order valence-corrected chi connectivity index (χ0v) is 15.8. The first-order chi connectivity index (χ1) is 13.0. The van der Waals surface area contributed by atoms with Gasteiger partial charge >= 0.3 is 0 Å². The van der Waals surface area contributed by atoms with Crippen LogP contribution in [-0.2, 0) is 6.42 Å². The number of hydrogen-bond donors (Lipinski definition) is 2. The number of fused-ring (bicyclic) bond motifs is 4. The van der Waals surface area contributed by atoms with Crippen molar-refractivity contribution >= 4 is 7.85 Å². The lowest BCUT2D eigenvalue weighted by Gasteiger charge is -2.55. The van der Waals surface area contributed by atoms with Gasteiger partial charge in [-0.3, -0.25) is 0 Å². The molecule has 1 aromatic carbocycles. The topological polar surface area (TPSA) is 40.5 Å². The SMILES string of the molecule is [B][C@@]12CCC3(Cc4ccccc4)C(=C1C[C@H](O)C2)CCC1C=C(O)C=CC13. The van der Waals surface area contributed by atoms with E-state index in [1.54, 1.807) is 0 Å². The molecule has 3 heteroatoms. The minimum atomic E-state index is -0.307. The summed E-state index contributed by atoms with van der Waals surface area (Å²) in [5.74, 6) is 1.19. The fourth-order valence-electron chi connectivity index (χ4n) is 6.56. The Morgan fingerprint density at radius 1 is 1.11 bits per heavy atom. The van der Waals surface area contributed by atoms with E-state index in [2.05, 4.69) is 42.5 Å². The molecule has 5 atom stereocenters. The highest BCUT2D eigenvalue weighted by molar-refractivity contribution is 6.18. The first-order valence-corrected chi connectivity index (χ1v) is 10.3. The molecular weight excluding hydrogens is 331 g/mol. The second kappa shape index (κ2) is 6.14. The molecule has 0 bridgehead atoms. The largest absolute Gasteiger partial charge is 0.508 e. The summed E-state index contributed by atoms with van der Waals surface area (Å²) in [7, 11) is 6.82. The summed E-state index contributed by atoms with van der Waals surface area (Å²) in [6, 6.07) is 10.8. The van der Waals surface area contributed by atoms with E-state index in [0.717, 1.165) is 38.5 Å². The Labute approximate surface area is 163 Å². The molecule has 0 spiro atoms. The van der Waals surface area contributed by atoms with Gasteiger partial charge in [-0.05, 0) is 73.4 Å². The van der Waals surface area contributed by atoms with Crippen LogP contribution in [-0.4, -0.2) is 24.2 Å². The molecular formula is C24H27BO2.